The highest BCUT2D eigenvalue weighted by molar-refractivity contribution is 6.31. The van der Waals surface area contributed by atoms with Gasteiger partial charge < -0.3 is 9.84 Å². The second kappa shape index (κ2) is 7.63. The van der Waals surface area contributed by atoms with Crippen LogP contribution in [-0.2, 0) is 11.2 Å². The van der Waals surface area contributed by atoms with Crippen molar-refractivity contribution >= 4 is 34.8 Å². The standard InChI is InChI=1S/C17H12Cl2FN3O2/c18-11-3-1-10(2-4-11)17-22-16(25-23-17)8-7-15(24)21-14-9-12(19)5-6-13(14)20/h1-6,9H,7-8H2,(H,21,24). The van der Waals surface area contributed by atoms with E-state index in [0.717, 1.165) is 5.56 Å². The molecule has 0 aliphatic rings. The van der Waals surface area contributed by atoms with Crippen LogP contribution in [-0.4, -0.2) is 16.0 Å². The van der Waals surface area contributed by atoms with Crippen molar-refractivity contribution in [3.63, 3.8) is 0 Å². The van der Waals surface area contributed by atoms with Crippen molar-refractivity contribution in [2.24, 2.45) is 0 Å². The molecular weight excluding hydrogens is 368 g/mol. The van der Waals surface area contributed by atoms with Crippen molar-refractivity contribution in [2.75, 3.05) is 5.32 Å². The number of anilines is 1. The Hall–Kier alpha value is -2.44. The van der Waals surface area contributed by atoms with E-state index in [4.69, 9.17) is 27.7 Å². The summed E-state index contributed by atoms with van der Waals surface area (Å²) in [4.78, 5) is 16.2. The molecule has 1 aromatic heterocycles. The Kier molecular flexibility index (Phi) is 5.31. The number of hydrogen-bond acceptors (Lipinski definition) is 4. The van der Waals surface area contributed by atoms with Gasteiger partial charge in [0.05, 0.1) is 5.69 Å². The topological polar surface area (TPSA) is 68.0 Å². The van der Waals surface area contributed by atoms with Gasteiger partial charge in [-0.05, 0) is 42.5 Å². The second-order valence-corrected chi connectivity index (χ2v) is 6.06. The van der Waals surface area contributed by atoms with E-state index in [2.05, 4.69) is 15.5 Å². The quantitative estimate of drug-likeness (QED) is 0.694. The molecule has 3 aromatic rings. The van der Waals surface area contributed by atoms with Crippen LogP contribution in [0.4, 0.5) is 10.1 Å². The zero-order chi connectivity index (χ0) is 17.8. The summed E-state index contributed by atoms with van der Waals surface area (Å²) in [7, 11) is 0. The SMILES string of the molecule is O=C(CCc1nc(-c2ccc(Cl)cc2)no1)Nc1cc(Cl)ccc1F. The third-order valence-electron chi connectivity index (χ3n) is 3.34. The van der Waals surface area contributed by atoms with E-state index < -0.39 is 5.82 Å². The van der Waals surface area contributed by atoms with Crippen LogP contribution < -0.4 is 5.32 Å². The first-order valence-corrected chi connectivity index (χ1v) is 8.10. The fourth-order valence-corrected chi connectivity index (χ4v) is 2.40. The lowest BCUT2D eigenvalue weighted by Crippen LogP contribution is -2.13. The Labute approximate surface area is 152 Å². The van der Waals surface area contributed by atoms with E-state index in [9.17, 15) is 9.18 Å². The number of amides is 1. The summed E-state index contributed by atoms with van der Waals surface area (Å²) >= 11 is 11.6. The fraction of sp³-hybridized carbons (Fsp3) is 0.118. The van der Waals surface area contributed by atoms with Crippen molar-refractivity contribution < 1.29 is 13.7 Å². The lowest BCUT2D eigenvalue weighted by atomic mass is 10.2. The van der Waals surface area contributed by atoms with Crippen LogP contribution >= 0.6 is 23.2 Å². The summed E-state index contributed by atoms with van der Waals surface area (Å²) in [6, 6.07) is 10.9. The molecule has 1 N–H and O–H groups in total. The molecule has 25 heavy (non-hydrogen) atoms. The van der Waals surface area contributed by atoms with Crippen LogP contribution in [0.15, 0.2) is 47.0 Å². The van der Waals surface area contributed by atoms with E-state index in [1.54, 1.807) is 24.3 Å². The maximum atomic E-state index is 13.6. The largest absolute Gasteiger partial charge is 0.339 e. The Balaban J connectivity index is 1.59. The van der Waals surface area contributed by atoms with Crippen LogP contribution in [0.2, 0.25) is 10.0 Å². The number of carbonyl (C=O) groups is 1. The van der Waals surface area contributed by atoms with Crippen LogP contribution in [0, 0.1) is 5.82 Å². The predicted octanol–water partition coefficient (Wildman–Crippen LogP) is 4.75. The summed E-state index contributed by atoms with van der Waals surface area (Å²) in [5.41, 5.74) is 0.787. The summed E-state index contributed by atoms with van der Waals surface area (Å²) in [5, 5.41) is 7.27. The van der Waals surface area contributed by atoms with Crippen molar-refractivity contribution in [2.45, 2.75) is 12.8 Å². The number of hydrogen-bond donors (Lipinski definition) is 1. The van der Waals surface area contributed by atoms with Gasteiger partial charge >= 0.3 is 0 Å². The van der Waals surface area contributed by atoms with Gasteiger partial charge in [0.2, 0.25) is 17.6 Å². The van der Waals surface area contributed by atoms with Gasteiger partial charge in [0.25, 0.3) is 0 Å². The Morgan fingerprint density at radius 2 is 1.84 bits per heavy atom. The van der Waals surface area contributed by atoms with Gasteiger partial charge in [-0.1, -0.05) is 28.4 Å². The number of rotatable bonds is 5. The first kappa shape index (κ1) is 17.4. The first-order valence-electron chi connectivity index (χ1n) is 7.35. The van der Waals surface area contributed by atoms with E-state index in [1.807, 2.05) is 0 Å². The van der Waals surface area contributed by atoms with Crippen molar-refractivity contribution in [1.29, 1.82) is 0 Å². The minimum Gasteiger partial charge on any atom is -0.339 e. The van der Waals surface area contributed by atoms with E-state index in [1.165, 1.54) is 18.2 Å². The number of aryl methyl sites for hydroxylation is 1. The molecule has 2 aromatic carbocycles. The molecule has 128 valence electrons. The lowest BCUT2D eigenvalue weighted by Gasteiger charge is -2.05. The highest BCUT2D eigenvalue weighted by atomic mass is 35.5. The third kappa shape index (κ3) is 4.55. The minimum atomic E-state index is -0.555. The molecule has 5 nitrogen and oxygen atoms in total. The maximum Gasteiger partial charge on any atom is 0.227 e. The molecule has 0 unspecified atom stereocenters. The summed E-state index contributed by atoms with van der Waals surface area (Å²) in [6.45, 7) is 0. The van der Waals surface area contributed by atoms with Gasteiger partial charge in [0, 0.05) is 28.5 Å². The average Bonchev–Trinajstić information content (AvgIpc) is 3.06. The molecule has 0 saturated carbocycles. The van der Waals surface area contributed by atoms with Gasteiger partial charge in [-0.2, -0.15) is 4.98 Å². The second-order valence-electron chi connectivity index (χ2n) is 5.19. The number of halogens is 3. The molecule has 0 aliphatic heterocycles. The number of nitrogens with one attached hydrogen (secondary N) is 1. The monoisotopic (exact) mass is 379 g/mol. The van der Waals surface area contributed by atoms with Gasteiger partial charge in [-0.3, -0.25) is 4.79 Å². The molecule has 0 radical (unpaired) electrons. The zero-order valence-corrected chi connectivity index (χ0v) is 14.3. The van der Waals surface area contributed by atoms with Crippen LogP contribution in [0.1, 0.15) is 12.3 Å². The van der Waals surface area contributed by atoms with Gasteiger partial charge in [-0.15, -0.1) is 0 Å². The number of carbonyl (C=O) groups excluding carboxylic acids is 1. The number of benzene rings is 2. The van der Waals surface area contributed by atoms with Gasteiger partial charge in [0.1, 0.15) is 5.82 Å². The molecule has 0 bridgehead atoms. The predicted molar refractivity (Wildman–Crippen MR) is 93.1 cm³/mol. The molecule has 0 fully saturated rings. The molecule has 1 amide bonds. The normalized spacial score (nSPS) is 10.7. The van der Waals surface area contributed by atoms with Gasteiger partial charge in [-0.25, -0.2) is 4.39 Å². The lowest BCUT2D eigenvalue weighted by molar-refractivity contribution is -0.116. The van der Waals surface area contributed by atoms with Crippen molar-refractivity contribution in [3.8, 4) is 11.4 Å². The fourth-order valence-electron chi connectivity index (χ4n) is 2.10. The molecule has 0 spiro atoms. The van der Waals surface area contributed by atoms with Crippen molar-refractivity contribution in [1.82, 2.24) is 10.1 Å². The Morgan fingerprint density at radius 3 is 2.60 bits per heavy atom. The zero-order valence-electron chi connectivity index (χ0n) is 12.8. The highest BCUT2D eigenvalue weighted by Gasteiger charge is 2.12. The van der Waals surface area contributed by atoms with E-state index in [0.29, 0.717) is 21.8 Å². The Bertz CT molecular complexity index is 897. The third-order valence-corrected chi connectivity index (χ3v) is 3.83. The molecule has 0 atom stereocenters. The Morgan fingerprint density at radius 1 is 1.12 bits per heavy atom. The van der Waals surface area contributed by atoms with E-state index in [-0.39, 0.29) is 24.4 Å². The van der Waals surface area contributed by atoms with Crippen LogP contribution in [0.3, 0.4) is 0 Å². The minimum absolute atomic E-state index is 0.0323. The molecule has 8 heteroatoms. The van der Waals surface area contributed by atoms with Gasteiger partial charge in [0.15, 0.2) is 0 Å². The number of aromatic nitrogens is 2. The molecule has 0 saturated heterocycles. The first-order chi connectivity index (χ1) is 12.0. The number of nitrogens with zero attached hydrogens (tertiary/aromatic N) is 2. The molecule has 0 aliphatic carbocycles. The maximum absolute atomic E-state index is 13.6. The van der Waals surface area contributed by atoms with Crippen LogP contribution in [0.5, 0.6) is 0 Å². The van der Waals surface area contributed by atoms with Crippen LogP contribution in [0.25, 0.3) is 11.4 Å². The van der Waals surface area contributed by atoms with E-state index >= 15 is 0 Å². The molecule has 3 rings (SSSR count). The summed E-state index contributed by atoms with van der Waals surface area (Å²) in [6.07, 6.45) is 0.294. The molecule has 1 heterocycles. The summed E-state index contributed by atoms with van der Waals surface area (Å²) in [5.74, 6) is -0.215. The molecular formula is C17H12Cl2FN3O2. The van der Waals surface area contributed by atoms with Crippen molar-refractivity contribution in [3.05, 3.63) is 64.2 Å². The summed E-state index contributed by atoms with van der Waals surface area (Å²) < 4.78 is 18.7. The average molecular weight is 380 g/mol. The smallest absolute Gasteiger partial charge is 0.227 e. The highest BCUT2D eigenvalue weighted by Crippen LogP contribution is 2.21.